The van der Waals surface area contributed by atoms with Gasteiger partial charge in [-0.05, 0) is 133 Å². The number of hydrogen-bond acceptors (Lipinski definition) is 4. The number of ether oxygens (including phenoxy) is 1. The zero-order valence-corrected chi connectivity index (χ0v) is 45.9. The zero-order valence-electron chi connectivity index (χ0n) is 45.9. The molecule has 0 saturated carbocycles. The normalized spacial score (nSPS) is 13.2. The molecule has 0 unspecified atom stereocenters. The summed E-state index contributed by atoms with van der Waals surface area (Å²) >= 11 is 0. The molecule has 0 aliphatic carbocycles. The van der Waals surface area contributed by atoms with Gasteiger partial charge >= 0.3 is 0 Å². The molecule has 0 N–H and O–H groups in total. The van der Waals surface area contributed by atoms with E-state index in [0.29, 0.717) is 6.67 Å². The number of fused-ring (bicyclic) bond motifs is 4. The van der Waals surface area contributed by atoms with Gasteiger partial charge in [0.05, 0.1) is 28.1 Å². The van der Waals surface area contributed by atoms with Crippen molar-refractivity contribution in [3.63, 3.8) is 0 Å². The molecule has 3 heterocycles. The third-order valence-corrected chi connectivity index (χ3v) is 15.1. The van der Waals surface area contributed by atoms with E-state index in [1.54, 1.807) is 0 Å². The van der Waals surface area contributed by atoms with Gasteiger partial charge in [0.15, 0.2) is 0 Å². The van der Waals surface area contributed by atoms with Crippen molar-refractivity contribution in [2.45, 2.75) is 105 Å². The van der Waals surface area contributed by atoms with Crippen LogP contribution in [0.5, 0.6) is 11.5 Å². The lowest BCUT2D eigenvalue weighted by Crippen LogP contribution is -2.26. The highest BCUT2D eigenvalue weighted by Crippen LogP contribution is 2.53. The molecule has 10 aromatic rings. The van der Waals surface area contributed by atoms with Crippen molar-refractivity contribution in [2.24, 2.45) is 0 Å². The molecule has 0 atom stereocenters. The quantitative estimate of drug-likeness (QED) is 0.152. The van der Waals surface area contributed by atoms with Gasteiger partial charge < -0.3 is 14.5 Å². The molecule has 5 nitrogen and oxygen atoms in total. The van der Waals surface area contributed by atoms with Crippen LogP contribution in [-0.2, 0) is 21.7 Å². The van der Waals surface area contributed by atoms with Crippen LogP contribution in [0.4, 0.5) is 22.7 Å². The highest BCUT2D eigenvalue weighted by molar-refractivity contribution is 6.09. The van der Waals surface area contributed by atoms with E-state index in [0.717, 1.165) is 50.8 Å². The highest BCUT2D eigenvalue weighted by Gasteiger charge is 2.34. The molecule has 0 bridgehead atoms. The predicted octanol–water partition coefficient (Wildman–Crippen LogP) is 19.4. The van der Waals surface area contributed by atoms with Crippen molar-refractivity contribution < 1.29 is 4.74 Å². The van der Waals surface area contributed by atoms with Gasteiger partial charge in [0, 0.05) is 45.9 Å². The topological polar surface area (TPSA) is 33.5 Å². The molecule has 2 aromatic heterocycles. The molecular formula is C70H70N4O. The van der Waals surface area contributed by atoms with Crippen molar-refractivity contribution in [1.29, 1.82) is 0 Å². The van der Waals surface area contributed by atoms with Crippen LogP contribution in [0.1, 0.15) is 105 Å². The van der Waals surface area contributed by atoms with Crippen LogP contribution >= 0.6 is 0 Å². The Bertz CT molecular complexity index is 3760. The summed E-state index contributed by atoms with van der Waals surface area (Å²) in [6.45, 7) is 28.4. The number of pyridine rings is 1. The van der Waals surface area contributed by atoms with Gasteiger partial charge in [-0.1, -0.05) is 192 Å². The van der Waals surface area contributed by atoms with Gasteiger partial charge in [-0.3, -0.25) is 4.57 Å². The van der Waals surface area contributed by atoms with E-state index < -0.39 is 0 Å². The van der Waals surface area contributed by atoms with Crippen LogP contribution in [-0.4, -0.2) is 16.2 Å². The number of para-hydroxylation sites is 3. The second kappa shape index (κ2) is 18.5. The summed E-state index contributed by atoms with van der Waals surface area (Å²) in [4.78, 5) is 9.92. The Hall–Kier alpha value is -7.89. The minimum Gasteiger partial charge on any atom is -0.457 e. The van der Waals surface area contributed by atoms with E-state index in [4.69, 9.17) is 9.72 Å². The molecule has 8 aromatic carbocycles. The fourth-order valence-electron chi connectivity index (χ4n) is 10.9. The summed E-state index contributed by atoms with van der Waals surface area (Å²) in [5.41, 5.74) is 18.9. The largest absolute Gasteiger partial charge is 0.457 e. The van der Waals surface area contributed by atoms with E-state index in [-0.39, 0.29) is 21.7 Å². The molecule has 5 heteroatoms. The number of anilines is 4. The first-order valence-electron chi connectivity index (χ1n) is 26.6. The first-order chi connectivity index (χ1) is 35.7. The monoisotopic (exact) mass is 983 g/mol. The fraction of sp³-hybridized carbons (Fsp3) is 0.243. The number of aromatic nitrogens is 2. The summed E-state index contributed by atoms with van der Waals surface area (Å²) in [6.07, 6.45) is 1.93. The number of hydrogen-bond donors (Lipinski definition) is 0. The van der Waals surface area contributed by atoms with Crippen LogP contribution in [0.3, 0.4) is 0 Å². The second-order valence-electron chi connectivity index (χ2n) is 24.6. The standard InChI is InChI=1S/C70H70N4O/c1-67(2,3)49-33-35-55(60(41-49)70(10,11)12)59-40-51(69(7,8)9)39-58(48-31-29-47(30-32-48)46-21-14-13-15-22-46)66(59)73-45-72(62-27-18-19-28-63(62)73)52-23-20-24-53(43-52)75-54-34-36-57-56-25-16-17-26-61(56)74(64(57)44-54)65-42-50(37-38-71-65)68(4,5)6/h13-44H,45H2,1-12H3. The average Bonchev–Trinajstić information content (AvgIpc) is 3.94. The third kappa shape index (κ3) is 9.39. The Kier molecular flexibility index (Phi) is 12.2. The summed E-state index contributed by atoms with van der Waals surface area (Å²) in [5, 5.41) is 2.34. The van der Waals surface area contributed by atoms with Gasteiger partial charge in [-0.2, -0.15) is 0 Å². The summed E-state index contributed by atoms with van der Waals surface area (Å²) < 4.78 is 9.17. The van der Waals surface area contributed by atoms with Crippen molar-refractivity contribution in [2.75, 3.05) is 16.5 Å². The zero-order chi connectivity index (χ0) is 52.6. The first kappa shape index (κ1) is 49.3. The minimum atomic E-state index is -0.131. The lowest BCUT2D eigenvalue weighted by molar-refractivity contribution is 0.483. The van der Waals surface area contributed by atoms with E-state index in [1.807, 2.05) is 6.20 Å². The lowest BCUT2D eigenvalue weighted by atomic mass is 9.75. The molecule has 0 saturated heterocycles. The van der Waals surface area contributed by atoms with E-state index in [2.05, 4.69) is 286 Å². The van der Waals surface area contributed by atoms with Crippen LogP contribution in [0.2, 0.25) is 0 Å². The molecule has 11 rings (SSSR count). The van der Waals surface area contributed by atoms with E-state index in [1.165, 1.54) is 66.7 Å². The minimum absolute atomic E-state index is 0.00418. The van der Waals surface area contributed by atoms with E-state index in [9.17, 15) is 0 Å². The third-order valence-electron chi connectivity index (χ3n) is 15.1. The lowest BCUT2D eigenvalue weighted by Gasteiger charge is -2.33. The van der Waals surface area contributed by atoms with Crippen molar-refractivity contribution >= 4 is 44.6 Å². The molecule has 0 radical (unpaired) electrons. The molecule has 1 aliphatic rings. The maximum absolute atomic E-state index is 6.90. The predicted molar refractivity (Wildman–Crippen MR) is 318 cm³/mol. The van der Waals surface area contributed by atoms with Crippen LogP contribution in [0, 0.1) is 0 Å². The van der Waals surface area contributed by atoms with Crippen LogP contribution in [0.15, 0.2) is 194 Å². The van der Waals surface area contributed by atoms with Crippen LogP contribution in [0.25, 0.3) is 61.0 Å². The Labute approximate surface area is 445 Å². The van der Waals surface area contributed by atoms with Gasteiger partial charge in [-0.15, -0.1) is 0 Å². The second-order valence-corrected chi connectivity index (χ2v) is 24.6. The van der Waals surface area contributed by atoms with E-state index >= 15 is 0 Å². The summed E-state index contributed by atoms with van der Waals surface area (Å²) in [5.74, 6) is 2.42. The van der Waals surface area contributed by atoms with Gasteiger partial charge in [0.2, 0.25) is 0 Å². The maximum atomic E-state index is 6.90. The smallest absolute Gasteiger partial charge is 0.137 e. The molecule has 1 aliphatic heterocycles. The Morgan fingerprint density at radius 1 is 0.400 bits per heavy atom. The van der Waals surface area contributed by atoms with Gasteiger partial charge in [-0.25, -0.2) is 4.98 Å². The molecule has 0 amide bonds. The van der Waals surface area contributed by atoms with Gasteiger partial charge in [0.1, 0.15) is 24.0 Å². The number of rotatable bonds is 8. The number of nitrogens with zero attached hydrogens (tertiary/aromatic N) is 4. The molecule has 0 fully saturated rings. The van der Waals surface area contributed by atoms with Crippen molar-refractivity contribution in [1.82, 2.24) is 9.55 Å². The highest BCUT2D eigenvalue weighted by atomic mass is 16.5. The maximum Gasteiger partial charge on any atom is 0.137 e. The van der Waals surface area contributed by atoms with Crippen molar-refractivity contribution in [3.8, 4) is 50.7 Å². The van der Waals surface area contributed by atoms with Gasteiger partial charge in [0.25, 0.3) is 0 Å². The Balaban J connectivity index is 1.04. The first-order valence-corrected chi connectivity index (χ1v) is 26.6. The summed E-state index contributed by atoms with van der Waals surface area (Å²) in [6, 6.07) is 68.9. The van der Waals surface area contributed by atoms with Crippen molar-refractivity contribution in [3.05, 3.63) is 217 Å². The van der Waals surface area contributed by atoms with Crippen LogP contribution < -0.4 is 14.5 Å². The number of benzene rings is 8. The summed E-state index contributed by atoms with van der Waals surface area (Å²) in [7, 11) is 0. The molecule has 0 spiro atoms. The Morgan fingerprint density at radius 3 is 1.71 bits per heavy atom. The molecular weight excluding hydrogens is 913 g/mol. The molecule has 75 heavy (non-hydrogen) atoms. The fourth-order valence-corrected chi connectivity index (χ4v) is 10.9. The average molecular weight is 983 g/mol. The SMILES string of the molecule is CC(C)(C)c1ccnc(-n2c3ccccc3c3ccc(Oc4cccc(N5CN(c6c(-c7ccc(-c8ccccc8)cc7)cc(C(C)(C)C)cc6-c6ccc(C(C)(C)C)cc6C(C)(C)C)c6ccccc65)c4)cc32)c1. The Morgan fingerprint density at radius 2 is 1.00 bits per heavy atom. The molecule has 376 valence electrons.